The number of benzene rings is 1. The largest absolute Gasteiger partial charge is 0.497 e. The van der Waals surface area contributed by atoms with Crippen molar-refractivity contribution in [2.24, 2.45) is 10.2 Å². The second kappa shape index (κ2) is 6.20. The third-order valence-corrected chi connectivity index (χ3v) is 4.77. The first-order chi connectivity index (χ1) is 11.8. The van der Waals surface area contributed by atoms with E-state index >= 15 is 0 Å². The Morgan fingerprint density at radius 3 is 2.96 bits per heavy atom. The van der Waals surface area contributed by atoms with Crippen LogP contribution in [0.2, 0.25) is 0 Å². The van der Waals surface area contributed by atoms with E-state index in [2.05, 4.69) is 39.7 Å². The fourth-order valence-electron chi connectivity index (χ4n) is 3.36. The van der Waals surface area contributed by atoms with Gasteiger partial charge in [-0.25, -0.2) is 0 Å². The molecule has 2 unspecified atom stereocenters. The molecule has 0 bridgehead atoms. The van der Waals surface area contributed by atoms with Gasteiger partial charge in [0.15, 0.2) is 0 Å². The summed E-state index contributed by atoms with van der Waals surface area (Å²) in [6.07, 6.45) is 8.77. The molecule has 1 aromatic carbocycles. The minimum absolute atomic E-state index is 0.165. The number of azo groups is 1. The number of aromatic nitrogens is 2. The zero-order chi connectivity index (χ0) is 16.4. The van der Waals surface area contributed by atoms with Gasteiger partial charge < -0.3 is 9.47 Å². The Kier molecular flexibility index (Phi) is 3.90. The molecule has 1 fully saturated rings. The van der Waals surface area contributed by atoms with E-state index in [9.17, 15) is 0 Å². The molecule has 2 atom stereocenters. The van der Waals surface area contributed by atoms with Crippen LogP contribution in [0.25, 0.3) is 0 Å². The number of methoxy groups -OCH3 is 1. The molecule has 0 amide bonds. The molecule has 124 valence electrons. The summed E-state index contributed by atoms with van der Waals surface area (Å²) >= 11 is 0. The van der Waals surface area contributed by atoms with Gasteiger partial charge in [-0.05, 0) is 29.3 Å². The van der Waals surface area contributed by atoms with Crippen LogP contribution in [0.4, 0.5) is 0 Å². The van der Waals surface area contributed by atoms with Gasteiger partial charge in [-0.15, -0.1) is 0 Å². The van der Waals surface area contributed by atoms with Crippen LogP contribution in [0.15, 0.2) is 59.2 Å². The Bertz CT molecular complexity index is 752. The van der Waals surface area contributed by atoms with Crippen molar-refractivity contribution in [2.75, 3.05) is 20.3 Å². The smallest absolute Gasteiger partial charge is 0.118 e. The molecule has 0 radical (unpaired) electrons. The molecule has 4 rings (SSSR count). The molecule has 0 aliphatic carbocycles. The van der Waals surface area contributed by atoms with Gasteiger partial charge in [0.1, 0.15) is 11.3 Å². The predicted molar refractivity (Wildman–Crippen MR) is 89.2 cm³/mol. The van der Waals surface area contributed by atoms with Crippen molar-refractivity contribution in [2.45, 2.75) is 24.4 Å². The summed E-state index contributed by atoms with van der Waals surface area (Å²) in [5.41, 5.74) is 2.07. The standard InChI is InChI=1S/C18H20N4O2/c1-23-16-4-2-14(3-5-16)11-22-12-15(10-20-22)17-13-24-9-7-18(17)6-8-19-21-18/h2-6,8,10,12,17H,7,9,11,13H2,1H3. The first-order valence-electron chi connectivity index (χ1n) is 8.12. The minimum Gasteiger partial charge on any atom is -0.497 e. The van der Waals surface area contributed by atoms with E-state index in [0.29, 0.717) is 6.61 Å². The molecule has 0 N–H and O–H groups in total. The van der Waals surface area contributed by atoms with E-state index in [1.54, 1.807) is 13.3 Å². The summed E-state index contributed by atoms with van der Waals surface area (Å²) in [6, 6.07) is 8.04. The molecule has 2 aromatic rings. The summed E-state index contributed by atoms with van der Waals surface area (Å²) in [5.74, 6) is 1.03. The van der Waals surface area contributed by atoms with E-state index in [4.69, 9.17) is 9.47 Å². The molecule has 0 saturated carbocycles. The number of rotatable bonds is 4. The fraction of sp³-hybridized carbons (Fsp3) is 0.389. The monoisotopic (exact) mass is 324 g/mol. The molecule has 6 nitrogen and oxygen atoms in total. The van der Waals surface area contributed by atoms with Crippen LogP contribution in [-0.2, 0) is 11.3 Å². The Morgan fingerprint density at radius 2 is 2.21 bits per heavy atom. The summed E-state index contributed by atoms with van der Waals surface area (Å²) in [7, 11) is 1.67. The molecule has 24 heavy (non-hydrogen) atoms. The Balaban J connectivity index is 1.53. The van der Waals surface area contributed by atoms with Crippen molar-refractivity contribution >= 4 is 0 Å². The van der Waals surface area contributed by atoms with Gasteiger partial charge >= 0.3 is 0 Å². The van der Waals surface area contributed by atoms with Crippen LogP contribution in [0, 0.1) is 0 Å². The molecular weight excluding hydrogens is 304 g/mol. The summed E-state index contributed by atoms with van der Waals surface area (Å²) in [5, 5.41) is 13.1. The zero-order valence-corrected chi connectivity index (χ0v) is 13.6. The van der Waals surface area contributed by atoms with Crippen molar-refractivity contribution in [3.63, 3.8) is 0 Å². The second-order valence-corrected chi connectivity index (χ2v) is 6.22. The molecule has 3 heterocycles. The number of hydrogen-bond acceptors (Lipinski definition) is 5. The lowest BCUT2D eigenvalue weighted by Crippen LogP contribution is -2.39. The van der Waals surface area contributed by atoms with Crippen LogP contribution in [0.1, 0.15) is 23.5 Å². The third kappa shape index (κ3) is 2.73. The normalized spacial score (nSPS) is 25.5. The molecule has 2 aliphatic heterocycles. The van der Waals surface area contributed by atoms with Gasteiger partial charge in [0, 0.05) is 31.3 Å². The van der Waals surface area contributed by atoms with E-state index in [0.717, 1.165) is 30.9 Å². The van der Waals surface area contributed by atoms with Crippen molar-refractivity contribution < 1.29 is 9.47 Å². The topological polar surface area (TPSA) is 61.0 Å². The van der Waals surface area contributed by atoms with E-state index in [1.807, 2.05) is 23.0 Å². The van der Waals surface area contributed by atoms with Gasteiger partial charge in [-0.3, -0.25) is 4.68 Å². The van der Waals surface area contributed by atoms with E-state index in [-0.39, 0.29) is 11.5 Å². The highest BCUT2D eigenvalue weighted by Gasteiger charge is 2.42. The number of ether oxygens (including phenoxy) is 2. The van der Waals surface area contributed by atoms with Crippen molar-refractivity contribution in [3.05, 3.63) is 60.1 Å². The highest BCUT2D eigenvalue weighted by Crippen LogP contribution is 2.41. The Labute approximate surface area is 140 Å². The van der Waals surface area contributed by atoms with Crippen LogP contribution >= 0.6 is 0 Å². The van der Waals surface area contributed by atoms with Gasteiger partial charge in [-0.2, -0.15) is 15.3 Å². The second-order valence-electron chi connectivity index (χ2n) is 6.22. The van der Waals surface area contributed by atoms with Crippen LogP contribution in [-0.4, -0.2) is 35.6 Å². The first kappa shape index (κ1) is 15.1. The van der Waals surface area contributed by atoms with Gasteiger partial charge in [0.05, 0.1) is 26.5 Å². The maximum Gasteiger partial charge on any atom is 0.118 e. The molecule has 1 spiro atoms. The molecular formula is C18H20N4O2. The van der Waals surface area contributed by atoms with Gasteiger partial charge in [0.25, 0.3) is 0 Å². The summed E-state index contributed by atoms with van der Waals surface area (Å²) in [4.78, 5) is 0. The average Bonchev–Trinajstić information content (AvgIpc) is 3.27. The summed E-state index contributed by atoms with van der Waals surface area (Å²) < 4.78 is 12.8. The summed E-state index contributed by atoms with van der Waals surface area (Å²) in [6.45, 7) is 2.10. The SMILES string of the molecule is COc1ccc(Cn2cc(C3COCCC34C=CN=N4)cn2)cc1. The first-order valence-corrected chi connectivity index (χ1v) is 8.12. The molecule has 1 saturated heterocycles. The highest BCUT2D eigenvalue weighted by atomic mass is 16.5. The average molecular weight is 324 g/mol. The van der Waals surface area contributed by atoms with Crippen molar-refractivity contribution in [1.29, 1.82) is 0 Å². The third-order valence-electron chi connectivity index (χ3n) is 4.77. The zero-order valence-electron chi connectivity index (χ0n) is 13.6. The van der Waals surface area contributed by atoms with E-state index < -0.39 is 0 Å². The van der Waals surface area contributed by atoms with Crippen molar-refractivity contribution in [3.8, 4) is 5.75 Å². The van der Waals surface area contributed by atoms with E-state index in [1.165, 1.54) is 5.56 Å². The van der Waals surface area contributed by atoms with Crippen molar-refractivity contribution in [1.82, 2.24) is 9.78 Å². The van der Waals surface area contributed by atoms with Crippen LogP contribution < -0.4 is 4.74 Å². The number of nitrogens with zero attached hydrogens (tertiary/aromatic N) is 4. The van der Waals surface area contributed by atoms with Crippen LogP contribution in [0.5, 0.6) is 5.75 Å². The van der Waals surface area contributed by atoms with Gasteiger partial charge in [-0.1, -0.05) is 12.1 Å². The predicted octanol–water partition coefficient (Wildman–Crippen LogP) is 3.16. The van der Waals surface area contributed by atoms with Gasteiger partial charge in [0.2, 0.25) is 0 Å². The molecule has 6 heteroatoms. The van der Waals surface area contributed by atoms with Crippen LogP contribution in [0.3, 0.4) is 0 Å². The Hall–Kier alpha value is -2.47. The lowest BCUT2D eigenvalue weighted by Gasteiger charge is -2.35. The molecule has 1 aromatic heterocycles. The maximum atomic E-state index is 5.69. The quantitative estimate of drug-likeness (QED) is 0.868. The molecule has 2 aliphatic rings. The minimum atomic E-state index is -0.258. The lowest BCUT2D eigenvalue weighted by atomic mass is 9.78. The number of hydrogen-bond donors (Lipinski definition) is 0. The highest BCUT2D eigenvalue weighted by molar-refractivity contribution is 5.29. The maximum absolute atomic E-state index is 5.69. The Morgan fingerprint density at radius 1 is 1.33 bits per heavy atom. The fourth-order valence-corrected chi connectivity index (χ4v) is 3.36. The lowest BCUT2D eigenvalue weighted by molar-refractivity contribution is 0.0487.